The van der Waals surface area contributed by atoms with Crippen LogP contribution in [0.25, 0.3) is 0 Å². The summed E-state index contributed by atoms with van der Waals surface area (Å²) in [4.78, 5) is 3.92. The third-order valence-electron chi connectivity index (χ3n) is 3.64. The van der Waals surface area contributed by atoms with E-state index in [9.17, 15) is 13.2 Å². The van der Waals surface area contributed by atoms with Gasteiger partial charge in [-0.3, -0.25) is 4.98 Å². The smallest absolute Gasteiger partial charge is 0.307 e. The van der Waals surface area contributed by atoms with Crippen molar-refractivity contribution in [1.29, 1.82) is 0 Å². The van der Waals surface area contributed by atoms with Crippen LogP contribution in [0.2, 0.25) is 0 Å². The zero-order valence-corrected chi connectivity index (χ0v) is 11.2. The van der Waals surface area contributed by atoms with Crippen LogP contribution in [0.4, 0.5) is 13.2 Å². The number of rotatable bonds is 3. The fourth-order valence-corrected chi connectivity index (χ4v) is 3.04. The van der Waals surface area contributed by atoms with E-state index in [1.807, 2.05) is 13.8 Å². The molecule has 5 heteroatoms. The van der Waals surface area contributed by atoms with Crippen molar-refractivity contribution in [3.63, 3.8) is 0 Å². The molecule has 0 saturated carbocycles. The molecule has 1 saturated heterocycles. The Kier molecular flexibility index (Phi) is 3.85. The standard InChI is InChI=1S/C14H19F3N2/c1-10(2)8-13(5-3-6-19-13)12-9-18-7-4-11(12)14(15,16)17/h4,7,9-10,19H,3,5-6,8H2,1-2H3. The number of pyridine rings is 1. The van der Waals surface area contributed by atoms with E-state index in [4.69, 9.17) is 0 Å². The topological polar surface area (TPSA) is 24.9 Å². The van der Waals surface area contributed by atoms with E-state index < -0.39 is 17.3 Å². The van der Waals surface area contributed by atoms with Gasteiger partial charge in [-0.2, -0.15) is 13.2 Å². The van der Waals surface area contributed by atoms with Gasteiger partial charge in [0.05, 0.1) is 5.56 Å². The highest BCUT2D eigenvalue weighted by molar-refractivity contribution is 5.34. The highest BCUT2D eigenvalue weighted by Gasteiger charge is 2.43. The second-order valence-electron chi connectivity index (χ2n) is 5.63. The first-order valence-corrected chi connectivity index (χ1v) is 6.62. The number of alkyl halides is 3. The van der Waals surface area contributed by atoms with Crippen LogP contribution < -0.4 is 5.32 Å². The van der Waals surface area contributed by atoms with E-state index in [0.29, 0.717) is 17.9 Å². The molecule has 1 unspecified atom stereocenters. The summed E-state index contributed by atoms with van der Waals surface area (Å²) >= 11 is 0. The van der Waals surface area contributed by atoms with Gasteiger partial charge in [0.1, 0.15) is 0 Å². The first-order chi connectivity index (χ1) is 8.85. The fourth-order valence-electron chi connectivity index (χ4n) is 3.04. The van der Waals surface area contributed by atoms with Crippen LogP contribution in [0, 0.1) is 5.92 Å². The predicted molar refractivity (Wildman–Crippen MR) is 67.6 cm³/mol. The molecule has 1 aliphatic rings. The van der Waals surface area contributed by atoms with Crippen molar-refractivity contribution < 1.29 is 13.2 Å². The minimum Gasteiger partial charge on any atom is -0.307 e. The molecule has 0 radical (unpaired) electrons. The predicted octanol–water partition coefficient (Wildman–Crippen LogP) is 3.73. The van der Waals surface area contributed by atoms with Crippen molar-refractivity contribution in [1.82, 2.24) is 10.3 Å². The van der Waals surface area contributed by atoms with Crippen LogP contribution >= 0.6 is 0 Å². The van der Waals surface area contributed by atoms with Gasteiger partial charge in [0.25, 0.3) is 0 Å². The minimum absolute atomic E-state index is 0.300. The summed E-state index contributed by atoms with van der Waals surface area (Å²) in [6.45, 7) is 4.83. The van der Waals surface area contributed by atoms with Gasteiger partial charge in [-0.25, -0.2) is 0 Å². The highest BCUT2D eigenvalue weighted by Crippen LogP contribution is 2.42. The van der Waals surface area contributed by atoms with Crippen molar-refractivity contribution in [2.24, 2.45) is 5.92 Å². The summed E-state index contributed by atoms with van der Waals surface area (Å²) in [5, 5.41) is 3.29. The Morgan fingerprint density at radius 2 is 2.16 bits per heavy atom. The van der Waals surface area contributed by atoms with Crippen molar-refractivity contribution in [2.75, 3.05) is 6.54 Å². The molecule has 1 N–H and O–H groups in total. The third kappa shape index (κ3) is 2.91. The summed E-state index contributed by atoms with van der Waals surface area (Å²) in [5.41, 5.74) is -0.834. The molecule has 1 aromatic rings. The zero-order chi connectivity index (χ0) is 14.1. The SMILES string of the molecule is CC(C)CC1(c2cnccc2C(F)(F)F)CCCN1. The maximum atomic E-state index is 13.2. The van der Waals surface area contributed by atoms with Gasteiger partial charge in [-0.1, -0.05) is 13.8 Å². The zero-order valence-electron chi connectivity index (χ0n) is 11.2. The monoisotopic (exact) mass is 272 g/mol. The van der Waals surface area contributed by atoms with Crippen LogP contribution in [0.15, 0.2) is 18.5 Å². The highest BCUT2D eigenvalue weighted by atomic mass is 19.4. The molecule has 2 nitrogen and oxygen atoms in total. The molecule has 106 valence electrons. The van der Waals surface area contributed by atoms with Crippen LogP contribution in [0.1, 0.15) is 44.2 Å². The lowest BCUT2D eigenvalue weighted by Crippen LogP contribution is -2.40. The molecule has 0 aromatic carbocycles. The molecule has 1 atom stereocenters. The number of hydrogen-bond acceptors (Lipinski definition) is 2. The van der Waals surface area contributed by atoms with E-state index in [-0.39, 0.29) is 0 Å². The average Bonchev–Trinajstić information content (AvgIpc) is 2.77. The molecule has 1 aliphatic heterocycles. The maximum absolute atomic E-state index is 13.2. The molecule has 0 spiro atoms. The van der Waals surface area contributed by atoms with Gasteiger partial charge in [-0.15, -0.1) is 0 Å². The third-order valence-corrected chi connectivity index (χ3v) is 3.64. The van der Waals surface area contributed by atoms with Crippen LogP contribution in [0.5, 0.6) is 0 Å². The quantitative estimate of drug-likeness (QED) is 0.907. The molecular formula is C14H19F3N2. The van der Waals surface area contributed by atoms with Crippen molar-refractivity contribution in [2.45, 2.75) is 44.8 Å². The summed E-state index contributed by atoms with van der Waals surface area (Å²) in [7, 11) is 0. The molecule has 2 rings (SSSR count). The Morgan fingerprint density at radius 3 is 2.68 bits per heavy atom. The first kappa shape index (κ1) is 14.3. The number of hydrogen-bond donors (Lipinski definition) is 1. The second-order valence-corrected chi connectivity index (χ2v) is 5.63. The molecule has 0 aliphatic carbocycles. The lowest BCUT2D eigenvalue weighted by molar-refractivity contribution is -0.139. The maximum Gasteiger partial charge on any atom is 0.416 e. The first-order valence-electron chi connectivity index (χ1n) is 6.62. The molecular weight excluding hydrogens is 253 g/mol. The summed E-state index contributed by atoms with van der Waals surface area (Å²) in [6, 6.07) is 1.08. The Morgan fingerprint density at radius 1 is 1.42 bits per heavy atom. The van der Waals surface area contributed by atoms with Crippen LogP contribution in [-0.2, 0) is 11.7 Å². The van der Waals surface area contributed by atoms with Gasteiger partial charge in [-0.05, 0) is 37.8 Å². The number of nitrogens with one attached hydrogen (secondary N) is 1. The Hall–Kier alpha value is -1.10. The van der Waals surface area contributed by atoms with E-state index in [0.717, 1.165) is 25.5 Å². The molecule has 0 bridgehead atoms. The lowest BCUT2D eigenvalue weighted by atomic mass is 9.80. The Balaban J connectivity index is 2.48. The molecule has 2 heterocycles. The Labute approximate surface area is 111 Å². The molecule has 1 fully saturated rings. The summed E-state index contributed by atoms with van der Waals surface area (Å²) in [5.74, 6) is 0.326. The number of nitrogens with zero attached hydrogens (tertiary/aromatic N) is 1. The van der Waals surface area contributed by atoms with Gasteiger partial charge in [0, 0.05) is 23.5 Å². The Bertz CT molecular complexity index is 435. The summed E-state index contributed by atoms with van der Waals surface area (Å²) in [6.07, 6.45) is 0.598. The largest absolute Gasteiger partial charge is 0.416 e. The van der Waals surface area contributed by atoms with Crippen LogP contribution in [-0.4, -0.2) is 11.5 Å². The van der Waals surface area contributed by atoms with E-state index in [1.165, 1.54) is 12.4 Å². The van der Waals surface area contributed by atoms with Gasteiger partial charge < -0.3 is 5.32 Å². The van der Waals surface area contributed by atoms with E-state index in [1.54, 1.807) is 0 Å². The normalized spacial score (nSPS) is 24.1. The molecule has 19 heavy (non-hydrogen) atoms. The van der Waals surface area contributed by atoms with Crippen molar-refractivity contribution in [3.8, 4) is 0 Å². The van der Waals surface area contributed by atoms with E-state index >= 15 is 0 Å². The molecule has 1 aromatic heterocycles. The number of aromatic nitrogens is 1. The summed E-state index contributed by atoms with van der Waals surface area (Å²) < 4.78 is 39.5. The average molecular weight is 272 g/mol. The van der Waals surface area contributed by atoms with Gasteiger partial charge in [0.15, 0.2) is 0 Å². The fraction of sp³-hybridized carbons (Fsp3) is 0.643. The van der Waals surface area contributed by atoms with Gasteiger partial charge >= 0.3 is 6.18 Å². The molecule has 0 amide bonds. The van der Waals surface area contributed by atoms with E-state index in [2.05, 4.69) is 10.3 Å². The van der Waals surface area contributed by atoms with Crippen LogP contribution in [0.3, 0.4) is 0 Å². The number of halogens is 3. The lowest BCUT2D eigenvalue weighted by Gasteiger charge is -2.33. The van der Waals surface area contributed by atoms with Crippen molar-refractivity contribution >= 4 is 0 Å². The van der Waals surface area contributed by atoms with Crippen molar-refractivity contribution in [3.05, 3.63) is 29.6 Å². The van der Waals surface area contributed by atoms with Gasteiger partial charge in [0.2, 0.25) is 0 Å². The second kappa shape index (κ2) is 5.12. The minimum atomic E-state index is -4.33.